The summed E-state index contributed by atoms with van der Waals surface area (Å²) in [6, 6.07) is 1.69. The molecule has 2 aliphatic rings. The Bertz CT molecular complexity index is 464. The molecule has 96 valence electrons. The summed E-state index contributed by atoms with van der Waals surface area (Å²) in [7, 11) is 0. The Morgan fingerprint density at radius 2 is 2.28 bits per heavy atom. The highest BCUT2D eigenvalue weighted by Crippen LogP contribution is 2.44. The van der Waals surface area contributed by atoms with Crippen molar-refractivity contribution in [3.63, 3.8) is 0 Å². The lowest BCUT2D eigenvalue weighted by Gasteiger charge is -2.14. The van der Waals surface area contributed by atoms with Crippen LogP contribution in [0.4, 0.5) is 0 Å². The van der Waals surface area contributed by atoms with Crippen molar-refractivity contribution >= 4 is 5.97 Å². The van der Waals surface area contributed by atoms with Gasteiger partial charge < -0.3 is 14.6 Å². The summed E-state index contributed by atoms with van der Waals surface area (Å²) in [5.74, 6) is 0.0484. The second-order valence-electron chi connectivity index (χ2n) is 4.80. The fourth-order valence-corrected chi connectivity index (χ4v) is 2.14. The maximum atomic E-state index is 11.0. The second-order valence-corrected chi connectivity index (χ2v) is 4.80. The number of ether oxygens (including phenoxy) is 2. The number of carboxylic acids is 1. The molecule has 0 aromatic carbocycles. The van der Waals surface area contributed by atoms with Crippen LogP contribution in [0.5, 0.6) is 5.88 Å². The molecule has 1 saturated heterocycles. The van der Waals surface area contributed by atoms with Gasteiger partial charge in [-0.2, -0.15) is 0 Å². The van der Waals surface area contributed by atoms with Crippen molar-refractivity contribution in [3.8, 4) is 5.88 Å². The van der Waals surface area contributed by atoms with Gasteiger partial charge in [0.25, 0.3) is 0 Å². The molecule has 3 rings (SSSR count). The van der Waals surface area contributed by atoms with Crippen molar-refractivity contribution in [3.05, 3.63) is 23.4 Å². The van der Waals surface area contributed by atoms with Gasteiger partial charge in [0, 0.05) is 18.2 Å². The molecule has 1 atom stereocenters. The van der Waals surface area contributed by atoms with Gasteiger partial charge in [-0.05, 0) is 24.8 Å². The van der Waals surface area contributed by atoms with E-state index in [1.807, 2.05) is 0 Å². The van der Waals surface area contributed by atoms with Crippen molar-refractivity contribution in [2.24, 2.45) is 0 Å². The minimum Gasteiger partial charge on any atom is -0.478 e. The molecule has 0 spiro atoms. The van der Waals surface area contributed by atoms with E-state index in [9.17, 15) is 4.79 Å². The molecule has 0 unspecified atom stereocenters. The highest BCUT2D eigenvalue weighted by molar-refractivity contribution is 5.87. The third-order valence-electron chi connectivity index (χ3n) is 3.31. The minimum absolute atomic E-state index is 0.0469. The van der Waals surface area contributed by atoms with Crippen molar-refractivity contribution in [1.29, 1.82) is 0 Å². The Kier molecular flexibility index (Phi) is 2.91. The van der Waals surface area contributed by atoms with Crippen molar-refractivity contribution < 1.29 is 19.4 Å². The van der Waals surface area contributed by atoms with Gasteiger partial charge in [0.15, 0.2) is 0 Å². The van der Waals surface area contributed by atoms with E-state index >= 15 is 0 Å². The highest BCUT2D eigenvalue weighted by Gasteiger charge is 2.30. The topological polar surface area (TPSA) is 68.7 Å². The standard InChI is InChI=1S/C13H15NO4/c15-13(16)9-5-11(8-1-2-8)12(14-6-9)18-10-3-4-17-7-10/h5-6,8,10H,1-4,7H2,(H,15,16)/t10-/m1/s1. The van der Waals surface area contributed by atoms with Gasteiger partial charge in [0.2, 0.25) is 5.88 Å². The summed E-state index contributed by atoms with van der Waals surface area (Å²) < 4.78 is 11.1. The predicted molar refractivity (Wildman–Crippen MR) is 63.0 cm³/mol. The van der Waals surface area contributed by atoms with Crippen LogP contribution in [0.2, 0.25) is 0 Å². The van der Waals surface area contributed by atoms with E-state index in [2.05, 4.69) is 4.98 Å². The molecule has 1 aromatic heterocycles. The first-order chi connectivity index (χ1) is 8.74. The zero-order valence-electron chi connectivity index (χ0n) is 9.96. The molecule has 0 amide bonds. The molecular weight excluding hydrogens is 234 g/mol. The van der Waals surface area contributed by atoms with Crippen molar-refractivity contribution in [1.82, 2.24) is 4.98 Å². The Morgan fingerprint density at radius 1 is 1.44 bits per heavy atom. The molecule has 0 radical (unpaired) electrons. The van der Waals surface area contributed by atoms with Crippen LogP contribution >= 0.6 is 0 Å². The zero-order valence-corrected chi connectivity index (χ0v) is 9.96. The molecule has 18 heavy (non-hydrogen) atoms. The fraction of sp³-hybridized carbons (Fsp3) is 0.538. The molecule has 5 nitrogen and oxygen atoms in total. The molecule has 0 bridgehead atoms. The SMILES string of the molecule is O=C(O)c1cnc(O[C@@H]2CCOC2)c(C2CC2)c1. The van der Waals surface area contributed by atoms with E-state index in [4.69, 9.17) is 14.6 Å². The van der Waals surface area contributed by atoms with Crippen LogP contribution in [0.1, 0.15) is 41.1 Å². The number of hydrogen-bond acceptors (Lipinski definition) is 4. The normalized spacial score (nSPS) is 23.0. The first-order valence-corrected chi connectivity index (χ1v) is 6.21. The summed E-state index contributed by atoms with van der Waals surface area (Å²) in [5.41, 5.74) is 1.16. The van der Waals surface area contributed by atoms with Crippen molar-refractivity contribution in [2.75, 3.05) is 13.2 Å². The van der Waals surface area contributed by atoms with Gasteiger partial charge in [-0.15, -0.1) is 0 Å². The summed E-state index contributed by atoms with van der Waals surface area (Å²) in [4.78, 5) is 15.1. The van der Waals surface area contributed by atoms with Crippen LogP contribution in [0.25, 0.3) is 0 Å². The monoisotopic (exact) mass is 249 g/mol. The molecular formula is C13H15NO4. The summed E-state index contributed by atoms with van der Waals surface area (Å²) >= 11 is 0. The first-order valence-electron chi connectivity index (χ1n) is 6.21. The average Bonchev–Trinajstić information content (AvgIpc) is 3.08. The highest BCUT2D eigenvalue weighted by atomic mass is 16.5. The summed E-state index contributed by atoms with van der Waals surface area (Å²) in [5, 5.41) is 8.99. The van der Waals surface area contributed by atoms with E-state index in [0.29, 0.717) is 18.4 Å². The quantitative estimate of drug-likeness (QED) is 0.881. The Balaban J connectivity index is 1.85. The van der Waals surface area contributed by atoms with Gasteiger partial charge in [0.05, 0.1) is 18.8 Å². The predicted octanol–water partition coefficient (Wildman–Crippen LogP) is 1.82. The molecule has 2 heterocycles. The third kappa shape index (κ3) is 2.31. The Morgan fingerprint density at radius 3 is 2.89 bits per heavy atom. The third-order valence-corrected chi connectivity index (χ3v) is 3.31. The summed E-state index contributed by atoms with van der Waals surface area (Å²) in [6.45, 7) is 1.31. The molecule has 1 aliphatic carbocycles. The van der Waals surface area contributed by atoms with Crippen molar-refractivity contribution in [2.45, 2.75) is 31.3 Å². The number of aromatic carboxylic acids is 1. The number of aromatic nitrogens is 1. The molecule has 1 aromatic rings. The van der Waals surface area contributed by atoms with Gasteiger partial charge in [-0.3, -0.25) is 0 Å². The lowest BCUT2D eigenvalue weighted by Crippen LogP contribution is -2.17. The number of nitrogens with zero attached hydrogens (tertiary/aromatic N) is 1. The van der Waals surface area contributed by atoms with Crippen LogP contribution in [0.15, 0.2) is 12.3 Å². The van der Waals surface area contributed by atoms with Gasteiger partial charge in [0.1, 0.15) is 6.10 Å². The average molecular weight is 249 g/mol. The second kappa shape index (κ2) is 4.57. The molecule has 2 fully saturated rings. The lowest BCUT2D eigenvalue weighted by molar-refractivity contribution is 0.0696. The Labute approximate surface area is 105 Å². The molecule has 5 heteroatoms. The molecule has 1 N–H and O–H groups in total. The van der Waals surface area contributed by atoms with Crippen LogP contribution < -0.4 is 4.74 Å². The van der Waals surface area contributed by atoms with Crippen LogP contribution in [-0.2, 0) is 4.74 Å². The number of pyridine rings is 1. The van der Waals surface area contributed by atoms with Gasteiger partial charge in [-0.1, -0.05) is 0 Å². The maximum absolute atomic E-state index is 11.0. The lowest BCUT2D eigenvalue weighted by atomic mass is 10.1. The fourth-order valence-electron chi connectivity index (χ4n) is 2.14. The molecule has 1 aliphatic heterocycles. The minimum atomic E-state index is -0.944. The number of carboxylic acid groups (broad SMARTS) is 1. The molecule has 1 saturated carbocycles. The number of rotatable bonds is 4. The van der Waals surface area contributed by atoms with Crippen LogP contribution in [-0.4, -0.2) is 35.4 Å². The summed E-state index contributed by atoms with van der Waals surface area (Å²) in [6.07, 6.45) is 4.45. The first kappa shape index (κ1) is 11.5. The van der Waals surface area contributed by atoms with E-state index in [1.165, 1.54) is 6.20 Å². The maximum Gasteiger partial charge on any atom is 0.337 e. The number of carbonyl (C=O) groups is 1. The largest absolute Gasteiger partial charge is 0.478 e. The van der Waals surface area contributed by atoms with Crippen LogP contribution in [0.3, 0.4) is 0 Å². The van der Waals surface area contributed by atoms with E-state index < -0.39 is 5.97 Å². The van der Waals surface area contributed by atoms with Crippen LogP contribution in [0, 0.1) is 0 Å². The van der Waals surface area contributed by atoms with Gasteiger partial charge >= 0.3 is 5.97 Å². The zero-order chi connectivity index (χ0) is 12.5. The van der Waals surface area contributed by atoms with Gasteiger partial charge in [-0.25, -0.2) is 9.78 Å². The van der Waals surface area contributed by atoms with E-state index in [-0.39, 0.29) is 11.7 Å². The van der Waals surface area contributed by atoms with E-state index in [1.54, 1.807) is 6.07 Å². The smallest absolute Gasteiger partial charge is 0.337 e. The van der Waals surface area contributed by atoms with E-state index in [0.717, 1.165) is 31.4 Å². The number of hydrogen-bond donors (Lipinski definition) is 1. The Hall–Kier alpha value is -1.62.